The maximum absolute atomic E-state index is 12.2. The van der Waals surface area contributed by atoms with Crippen molar-refractivity contribution in [3.05, 3.63) is 94.5 Å². The fourth-order valence-electron chi connectivity index (χ4n) is 2.46. The molecule has 0 saturated heterocycles. The Morgan fingerprint density at radius 2 is 1.46 bits per heavy atom. The van der Waals surface area contributed by atoms with Gasteiger partial charge in [0.1, 0.15) is 0 Å². The molecule has 0 fully saturated rings. The van der Waals surface area contributed by atoms with Gasteiger partial charge in [0.15, 0.2) is 0 Å². The Balaban J connectivity index is 1.64. The van der Waals surface area contributed by atoms with Crippen LogP contribution in [-0.2, 0) is 11.2 Å². The zero-order valence-corrected chi connectivity index (χ0v) is 15.5. The van der Waals surface area contributed by atoms with Gasteiger partial charge in [-0.1, -0.05) is 48.5 Å². The molecule has 2 amide bonds. The summed E-state index contributed by atoms with van der Waals surface area (Å²) in [5.74, 6) is -0.281. The number of anilines is 2. The van der Waals surface area contributed by atoms with E-state index in [0.717, 1.165) is 5.56 Å². The molecule has 2 N–H and O–H groups in total. The highest BCUT2D eigenvalue weighted by Gasteiger charge is 2.10. The van der Waals surface area contributed by atoms with Gasteiger partial charge < -0.3 is 10.6 Å². The summed E-state index contributed by atoms with van der Waals surface area (Å²) in [5.41, 5.74) is 2.84. The highest BCUT2D eigenvalue weighted by molar-refractivity contribution is 9.10. The van der Waals surface area contributed by atoms with E-state index in [4.69, 9.17) is 0 Å². The third kappa shape index (κ3) is 4.80. The Hall–Kier alpha value is -2.92. The summed E-state index contributed by atoms with van der Waals surface area (Å²) in [7, 11) is 0. The fraction of sp³-hybridized carbons (Fsp3) is 0.0476. The number of benzene rings is 3. The number of nitrogens with one attached hydrogen (secondary N) is 2. The summed E-state index contributed by atoms with van der Waals surface area (Å²) < 4.78 is 0.694. The van der Waals surface area contributed by atoms with Crippen molar-refractivity contribution in [3.63, 3.8) is 0 Å². The minimum Gasteiger partial charge on any atom is -0.326 e. The van der Waals surface area contributed by atoms with Gasteiger partial charge in [0, 0.05) is 15.7 Å². The first-order chi connectivity index (χ1) is 12.6. The van der Waals surface area contributed by atoms with Crippen LogP contribution in [0.3, 0.4) is 0 Å². The largest absolute Gasteiger partial charge is 0.326 e. The quantitative estimate of drug-likeness (QED) is 0.631. The Kier molecular flexibility index (Phi) is 5.81. The van der Waals surface area contributed by atoms with Gasteiger partial charge in [0.05, 0.1) is 12.1 Å². The molecule has 0 aliphatic heterocycles. The van der Waals surface area contributed by atoms with E-state index in [1.165, 1.54) is 0 Å². The molecule has 130 valence electrons. The maximum Gasteiger partial charge on any atom is 0.255 e. The van der Waals surface area contributed by atoms with Gasteiger partial charge in [0.25, 0.3) is 5.91 Å². The number of carbonyl (C=O) groups is 2. The number of carbonyl (C=O) groups excluding carboxylic acids is 2. The van der Waals surface area contributed by atoms with Crippen molar-refractivity contribution in [1.29, 1.82) is 0 Å². The van der Waals surface area contributed by atoms with Crippen molar-refractivity contribution in [3.8, 4) is 0 Å². The van der Waals surface area contributed by atoms with Crippen LogP contribution in [0.25, 0.3) is 0 Å². The lowest BCUT2D eigenvalue weighted by molar-refractivity contribution is -0.115. The van der Waals surface area contributed by atoms with E-state index in [-0.39, 0.29) is 11.8 Å². The number of hydrogen-bond donors (Lipinski definition) is 2. The van der Waals surface area contributed by atoms with E-state index in [1.54, 1.807) is 30.3 Å². The maximum atomic E-state index is 12.2. The average molecular weight is 409 g/mol. The average Bonchev–Trinajstić information content (AvgIpc) is 2.65. The monoisotopic (exact) mass is 408 g/mol. The summed E-state index contributed by atoms with van der Waals surface area (Å²) in [4.78, 5) is 24.4. The van der Waals surface area contributed by atoms with Crippen molar-refractivity contribution in [2.45, 2.75) is 6.42 Å². The van der Waals surface area contributed by atoms with Crippen LogP contribution in [0.4, 0.5) is 11.4 Å². The Morgan fingerprint density at radius 1 is 0.808 bits per heavy atom. The summed E-state index contributed by atoms with van der Waals surface area (Å²) in [6, 6.07) is 23.8. The molecule has 26 heavy (non-hydrogen) atoms. The van der Waals surface area contributed by atoms with Gasteiger partial charge in [-0.2, -0.15) is 0 Å². The van der Waals surface area contributed by atoms with Crippen LogP contribution in [-0.4, -0.2) is 11.8 Å². The zero-order chi connectivity index (χ0) is 18.4. The van der Waals surface area contributed by atoms with Crippen LogP contribution in [0, 0.1) is 0 Å². The molecule has 3 aromatic rings. The van der Waals surface area contributed by atoms with Crippen LogP contribution in [0.5, 0.6) is 0 Å². The van der Waals surface area contributed by atoms with Gasteiger partial charge in [0.2, 0.25) is 5.91 Å². The van der Waals surface area contributed by atoms with E-state index in [0.29, 0.717) is 27.8 Å². The van der Waals surface area contributed by atoms with Gasteiger partial charge in [-0.25, -0.2) is 0 Å². The molecule has 4 nitrogen and oxygen atoms in total. The molecular weight excluding hydrogens is 392 g/mol. The molecule has 0 aromatic heterocycles. The molecular formula is C21H17BrN2O2. The molecule has 0 bridgehead atoms. The third-order valence-electron chi connectivity index (χ3n) is 3.74. The van der Waals surface area contributed by atoms with Crippen LogP contribution < -0.4 is 10.6 Å². The lowest BCUT2D eigenvalue weighted by atomic mass is 10.1. The van der Waals surface area contributed by atoms with Crippen molar-refractivity contribution < 1.29 is 9.59 Å². The second-order valence-electron chi connectivity index (χ2n) is 5.73. The SMILES string of the molecule is O=C(Cc1ccccc1)Nc1ccc(NC(=O)c2ccccc2)c(Br)c1. The number of rotatable bonds is 5. The molecule has 0 aliphatic carbocycles. The van der Waals surface area contributed by atoms with Crippen LogP contribution in [0.15, 0.2) is 83.3 Å². The molecule has 3 aromatic carbocycles. The van der Waals surface area contributed by atoms with E-state index >= 15 is 0 Å². The highest BCUT2D eigenvalue weighted by atomic mass is 79.9. The minimum atomic E-state index is -0.188. The normalized spacial score (nSPS) is 10.2. The van der Waals surface area contributed by atoms with E-state index < -0.39 is 0 Å². The fourth-order valence-corrected chi connectivity index (χ4v) is 2.94. The van der Waals surface area contributed by atoms with Crippen molar-refractivity contribution in [2.75, 3.05) is 10.6 Å². The number of amides is 2. The molecule has 0 unspecified atom stereocenters. The minimum absolute atomic E-state index is 0.0934. The summed E-state index contributed by atoms with van der Waals surface area (Å²) in [6.45, 7) is 0. The molecule has 0 radical (unpaired) electrons. The Bertz CT molecular complexity index is 912. The molecule has 0 saturated carbocycles. The van der Waals surface area contributed by atoms with Crippen molar-refractivity contribution in [1.82, 2.24) is 0 Å². The first-order valence-corrected chi connectivity index (χ1v) is 8.91. The smallest absolute Gasteiger partial charge is 0.255 e. The molecule has 5 heteroatoms. The van der Waals surface area contributed by atoms with Gasteiger partial charge in [-0.15, -0.1) is 0 Å². The number of hydrogen-bond acceptors (Lipinski definition) is 2. The third-order valence-corrected chi connectivity index (χ3v) is 4.40. The van der Waals surface area contributed by atoms with Gasteiger partial charge >= 0.3 is 0 Å². The topological polar surface area (TPSA) is 58.2 Å². The predicted octanol–water partition coefficient (Wildman–Crippen LogP) is 4.88. The Morgan fingerprint density at radius 3 is 2.12 bits per heavy atom. The summed E-state index contributed by atoms with van der Waals surface area (Å²) in [6.07, 6.45) is 0.310. The molecule has 0 aliphatic rings. The predicted molar refractivity (Wildman–Crippen MR) is 107 cm³/mol. The van der Waals surface area contributed by atoms with E-state index in [9.17, 15) is 9.59 Å². The van der Waals surface area contributed by atoms with E-state index in [2.05, 4.69) is 26.6 Å². The highest BCUT2D eigenvalue weighted by Crippen LogP contribution is 2.26. The second kappa shape index (κ2) is 8.45. The zero-order valence-electron chi connectivity index (χ0n) is 13.9. The lowest BCUT2D eigenvalue weighted by Gasteiger charge is -2.10. The van der Waals surface area contributed by atoms with Crippen molar-refractivity contribution >= 4 is 39.1 Å². The van der Waals surface area contributed by atoms with Gasteiger partial charge in [-0.3, -0.25) is 9.59 Å². The molecule has 0 atom stereocenters. The standard InChI is InChI=1S/C21H17BrN2O2/c22-18-14-17(23-20(25)13-15-7-3-1-4-8-15)11-12-19(18)24-21(26)16-9-5-2-6-10-16/h1-12,14H,13H2,(H,23,25)(H,24,26). The molecule has 0 spiro atoms. The lowest BCUT2D eigenvalue weighted by Crippen LogP contribution is -2.15. The molecule has 3 rings (SSSR count). The van der Waals surface area contributed by atoms with Crippen LogP contribution in [0.2, 0.25) is 0 Å². The first kappa shape index (κ1) is 17.9. The van der Waals surface area contributed by atoms with Gasteiger partial charge in [-0.05, 0) is 51.8 Å². The Labute approximate surface area is 160 Å². The summed E-state index contributed by atoms with van der Waals surface area (Å²) in [5, 5.41) is 5.71. The first-order valence-electron chi connectivity index (χ1n) is 8.11. The summed E-state index contributed by atoms with van der Waals surface area (Å²) >= 11 is 3.44. The van der Waals surface area contributed by atoms with Crippen molar-refractivity contribution in [2.24, 2.45) is 0 Å². The van der Waals surface area contributed by atoms with Crippen LogP contribution >= 0.6 is 15.9 Å². The van der Waals surface area contributed by atoms with E-state index in [1.807, 2.05) is 48.5 Å². The number of halogens is 1. The van der Waals surface area contributed by atoms with Crippen LogP contribution in [0.1, 0.15) is 15.9 Å². The second-order valence-corrected chi connectivity index (χ2v) is 6.58. The molecule has 0 heterocycles.